The van der Waals surface area contributed by atoms with Crippen molar-refractivity contribution in [2.24, 2.45) is 0 Å². The van der Waals surface area contributed by atoms with Crippen LogP contribution in [0.3, 0.4) is 0 Å². The molecule has 0 aromatic heterocycles. The van der Waals surface area contributed by atoms with E-state index < -0.39 is 0 Å². The normalized spacial score (nSPS) is 23.0. The van der Waals surface area contributed by atoms with Gasteiger partial charge in [-0.3, -0.25) is 0 Å². The third kappa shape index (κ3) is 2.25. The van der Waals surface area contributed by atoms with E-state index in [1.165, 1.54) is 18.3 Å². The first-order valence-electron chi connectivity index (χ1n) is 3.79. The molecule has 14 heavy (non-hydrogen) atoms. The van der Waals surface area contributed by atoms with Crippen LogP contribution in [0.15, 0.2) is 26.8 Å². The molecule has 0 aromatic rings. The van der Waals surface area contributed by atoms with E-state index in [-0.39, 0.29) is 0 Å². The SMILES string of the molecule is CC1=C(C)SC(=C2SC([S-])=C([S-])S2)S1. The fraction of sp³-hybridized carbons (Fsp3) is 0.250. The molecule has 0 spiro atoms. The Morgan fingerprint density at radius 2 is 1.07 bits per heavy atom. The van der Waals surface area contributed by atoms with Crippen LogP contribution in [0.5, 0.6) is 0 Å². The molecule has 0 fully saturated rings. The van der Waals surface area contributed by atoms with Crippen LogP contribution in [0, 0.1) is 0 Å². The number of allylic oxidation sites excluding steroid dienone is 2. The molecule has 2 aliphatic heterocycles. The summed E-state index contributed by atoms with van der Waals surface area (Å²) >= 11 is 17.2. The highest BCUT2D eigenvalue weighted by atomic mass is 32.2. The first-order chi connectivity index (χ1) is 6.58. The van der Waals surface area contributed by atoms with E-state index in [2.05, 4.69) is 13.8 Å². The molecule has 0 atom stereocenters. The van der Waals surface area contributed by atoms with Gasteiger partial charge in [-0.2, -0.15) is 0 Å². The first kappa shape index (κ1) is 11.5. The minimum Gasteiger partial charge on any atom is -0.774 e. The highest BCUT2D eigenvalue weighted by Crippen LogP contribution is 2.58. The van der Waals surface area contributed by atoms with Gasteiger partial charge in [0.25, 0.3) is 0 Å². The van der Waals surface area contributed by atoms with Crippen LogP contribution < -0.4 is 0 Å². The van der Waals surface area contributed by atoms with Crippen molar-refractivity contribution in [1.82, 2.24) is 0 Å². The highest BCUT2D eigenvalue weighted by molar-refractivity contribution is 8.37. The van der Waals surface area contributed by atoms with Crippen molar-refractivity contribution in [2.45, 2.75) is 13.8 Å². The van der Waals surface area contributed by atoms with Gasteiger partial charge in [0, 0.05) is 0 Å². The van der Waals surface area contributed by atoms with Crippen LogP contribution >= 0.6 is 47.0 Å². The molecule has 0 aromatic carbocycles. The standard InChI is InChI=1S/C8H8S6/c1-3-4(2)12-7(11-3)8-13-5(9)6(10)14-8/h9-10H,1-2H3/p-2. The van der Waals surface area contributed by atoms with E-state index in [1.54, 1.807) is 23.5 Å². The number of rotatable bonds is 0. The minimum absolute atomic E-state index is 0.857. The molecule has 2 aliphatic rings. The minimum atomic E-state index is 0.857. The predicted molar refractivity (Wildman–Crippen MR) is 77.5 cm³/mol. The fourth-order valence-electron chi connectivity index (χ4n) is 0.882. The largest absolute Gasteiger partial charge is 0.774 e. The van der Waals surface area contributed by atoms with Gasteiger partial charge < -0.3 is 25.3 Å². The molecule has 0 radical (unpaired) electrons. The average Bonchev–Trinajstić information content (AvgIpc) is 2.60. The zero-order valence-corrected chi connectivity index (χ0v) is 12.3. The van der Waals surface area contributed by atoms with Crippen LogP contribution in [-0.4, -0.2) is 0 Å². The number of thioether (sulfide) groups is 4. The molecule has 76 valence electrons. The molecule has 0 saturated carbocycles. The van der Waals surface area contributed by atoms with Gasteiger partial charge in [0.2, 0.25) is 0 Å². The van der Waals surface area contributed by atoms with Gasteiger partial charge in [-0.25, -0.2) is 0 Å². The molecule has 0 N–H and O–H groups in total. The van der Waals surface area contributed by atoms with Crippen molar-refractivity contribution in [3.8, 4) is 0 Å². The summed E-state index contributed by atoms with van der Waals surface area (Å²) in [4.78, 5) is 2.78. The van der Waals surface area contributed by atoms with Gasteiger partial charge in [-0.05, 0) is 23.7 Å². The second-order valence-electron chi connectivity index (χ2n) is 2.67. The smallest absolute Gasteiger partial charge is 0.0698 e. The number of hydrogen-bond donors (Lipinski definition) is 0. The third-order valence-electron chi connectivity index (χ3n) is 1.69. The van der Waals surface area contributed by atoms with Gasteiger partial charge in [-0.1, -0.05) is 23.5 Å². The summed E-state index contributed by atoms with van der Waals surface area (Å²) in [6, 6.07) is 0. The van der Waals surface area contributed by atoms with Crippen LogP contribution in [-0.2, 0) is 25.3 Å². The lowest BCUT2D eigenvalue weighted by Crippen LogP contribution is -1.66. The van der Waals surface area contributed by atoms with E-state index in [9.17, 15) is 0 Å². The molecule has 2 heterocycles. The summed E-state index contributed by atoms with van der Waals surface area (Å²) in [5.74, 6) is 0. The van der Waals surface area contributed by atoms with Crippen molar-refractivity contribution in [2.75, 3.05) is 0 Å². The maximum absolute atomic E-state index is 5.15. The van der Waals surface area contributed by atoms with E-state index >= 15 is 0 Å². The zero-order chi connectivity index (χ0) is 10.3. The van der Waals surface area contributed by atoms with Crippen molar-refractivity contribution in [1.29, 1.82) is 0 Å². The quantitative estimate of drug-likeness (QED) is 0.597. The second kappa shape index (κ2) is 4.51. The molecular weight excluding hydrogens is 288 g/mol. The van der Waals surface area contributed by atoms with E-state index in [1.807, 2.05) is 23.5 Å². The Bertz CT molecular complexity index is 307. The molecule has 6 heteroatoms. The summed E-state index contributed by atoms with van der Waals surface area (Å²) < 4.78 is 4.33. The Labute approximate surface area is 112 Å². The first-order valence-corrected chi connectivity index (χ1v) is 7.87. The molecule has 2 rings (SSSR count). The van der Waals surface area contributed by atoms with Gasteiger partial charge in [-0.15, -0.1) is 32.0 Å². The Morgan fingerprint density at radius 3 is 1.50 bits per heavy atom. The lowest BCUT2D eigenvalue weighted by atomic mass is 10.6. The highest BCUT2D eigenvalue weighted by Gasteiger charge is 2.20. The molecule has 0 bridgehead atoms. The van der Waals surface area contributed by atoms with Gasteiger partial charge in [0.1, 0.15) is 0 Å². The van der Waals surface area contributed by atoms with Gasteiger partial charge in [0.15, 0.2) is 0 Å². The Hall–Kier alpha value is 1.06. The molecule has 0 unspecified atom stereocenters. The summed E-state index contributed by atoms with van der Waals surface area (Å²) in [5.41, 5.74) is 0. The Morgan fingerprint density at radius 1 is 0.714 bits per heavy atom. The topological polar surface area (TPSA) is 0 Å². The molecule has 0 aliphatic carbocycles. The maximum Gasteiger partial charge on any atom is 0.0698 e. The van der Waals surface area contributed by atoms with Crippen LogP contribution in [0.1, 0.15) is 13.8 Å². The molecule has 0 amide bonds. The number of hydrogen-bond acceptors (Lipinski definition) is 6. The summed E-state index contributed by atoms with van der Waals surface area (Å²) in [6.07, 6.45) is 0. The lowest BCUT2D eigenvalue weighted by Gasteiger charge is -2.11. The monoisotopic (exact) mass is 294 g/mol. The van der Waals surface area contributed by atoms with E-state index in [4.69, 9.17) is 25.3 Å². The average molecular weight is 295 g/mol. The van der Waals surface area contributed by atoms with Crippen LogP contribution in [0.4, 0.5) is 0 Å². The maximum atomic E-state index is 5.15. The molecule has 0 nitrogen and oxygen atoms in total. The van der Waals surface area contributed by atoms with E-state index in [0.717, 1.165) is 8.47 Å². The van der Waals surface area contributed by atoms with Gasteiger partial charge >= 0.3 is 0 Å². The summed E-state index contributed by atoms with van der Waals surface area (Å²) in [7, 11) is 0. The Balaban J connectivity index is 2.17. The fourth-order valence-corrected chi connectivity index (χ4v) is 6.71. The molecular formula is C8H6S6-2. The lowest BCUT2D eigenvalue weighted by molar-refractivity contribution is 1.57. The van der Waals surface area contributed by atoms with Crippen molar-refractivity contribution >= 4 is 72.3 Å². The van der Waals surface area contributed by atoms with Crippen molar-refractivity contribution in [3.63, 3.8) is 0 Å². The summed E-state index contributed by atoms with van der Waals surface area (Å²) in [6.45, 7) is 4.31. The van der Waals surface area contributed by atoms with Crippen LogP contribution in [0.2, 0.25) is 0 Å². The van der Waals surface area contributed by atoms with Crippen molar-refractivity contribution in [3.05, 3.63) is 26.8 Å². The zero-order valence-electron chi connectivity index (χ0n) is 7.45. The van der Waals surface area contributed by atoms with Crippen molar-refractivity contribution < 1.29 is 0 Å². The van der Waals surface area contributed by atoms with Gasteiger partial charge in [0.05, 0.1) is 8.47 Å². The van der Waals surface area contributed by atoms with Crippen LogP contribution in [0.25, 0.3) is 0 Å². The van der Waals surface area contributed by atoms with E-state index in [0.29, 0.717) is 0 Å². The Kier molecular flexibility index (Phi) is 3.72. The second-order valence-corrected chi connectivity index (χ2v) is 9.01. The summed E-state index contributed by atoms with van der Waals surface area (Å²) in [5, 5.41) is 0. The predicted octanol–water partition coefficient (Wildman–Crippen LogP) is 4.54. The molecule has 0 saturated heterocycles. The third-order valence-corrected chi connectivity index (χ3v) is 8.32.